The summed E-state index contributed by atoms with van der Waals surface area (Å²) in [5, 5.41) is 0.545. The lowest BCUT2D eigenvalue weighted by Crippen LogP contribution is -2.20. The molecule has 2 heteroatoms. The van der Waals surface area contributed by atoms with Crippen molar-refractivity contribution in [3.05, 3.63) is 0 Å². The molecule has 0 N–H and O–H groups in total. The van der Waals surface area contributed by atoms with Crippen LogP contribution in [-0.4, -0.2) is 15.2 Å². The van der Waals surface area contributed by atoms with Gasteiger partial charge in [-0.15, -0.1) is 0 Å². The van der Waals surface area contributed by atoms with Crippen LogP contribution in [-0.2, 0) is 10.8 Å². The standard InChI is InChI=1S/C16H32OS/c1-2-3-4-5-6-7-8-12-15-18(17)16-13-10-9-11-14-16/h16H,2-15H2,1H3. The fourth-order valence-electron chi connectivity index (χ4n) is 2.87. The Hall–Kier alpha value is 0.150. The third-order valence-electron chi connectivity index (χ3n) is 4.12. The summed E-state index contributed by atoms with van der Waals surface area (Å²) in [6, 6.07) is 0. The van der Waals surface area contributed by atoms with Crippen LogP contribution in [0.1, 0.15) is 90.4 Å². The number of rotatable bonds is 10. The van der Waals surface area contributed by atoms with Crippen molar-refractivity contribution in [2.45, 2.75) is 95.6 Å². The first kappa shape index (κ1) is 16.2. The van der Waals surface area contributed by atoms with Crippen LogP contribution in [0.5, 0.6) is 0 Å². The predicted molar refractivity (Wildman–Crippen MR) is 82.5 cm³/mol. The van der Waals surface area contributed by atoms with Crippen LogP contribution in [0.2, 0.25) is 0 Å². The lowest BCUT2D eigenvalue weighted by molar-refractivity contribution is 0.503. The maximum atomic E-state index is 12.1. The maximum absolute atomic E-state index is 12.1. The van der Waals surface area contributed by atoms with E-state index in [4.69, 9.17) is 0 Å². The van der Waals surface area contributed by atoms with Gasteiger partial charge in [-0.05, 0) is 19.3 Å². The molecule has 0 aromatic rings. The van der Waals surface area contributed by atoms with E-state index < -0.39 is 10.8 Å². The van der Waals surface area contributed by atoms with Gasteiger partial charge in [0.05, 0.1) is 0 Å². The smallest absolute Gasteiger partial charge is 0.0348 e. The summed E-state index contributed by atoms with van der Waals surface area (Å²) in [6.07, 6.45) is 17.2. The van der Waals surface area contributed by atoms with Gasteiger partial charge in [0.2, 0.25) is 0 Å². The molecule has 0 aromatic heterocycles. The highest BCUT2D eigenvalue weighted by molar-refractivity contribution is 7.85. The molecule has 0 radical (unpaired) electrons. The van der Waals surface area contributed by atoms with Gasteiger partial charge in [-0.3, -0.25) is 4.21 Å². The van der Waals surface area contributed by atoms with Crippen molar-refractivity contribution in [1.29, 1.82) is 0 Å². The molecular weight excluding hydrogens is 240 g/mol. The van der Waals surface area contributed by atoms with Gasteiger partial charge >= 0.3 is 0 Å². The number of unbranched alkanes of at least 4 members (excludes halogenated alkanes) is 7. The van der Waals surface area contributed by atoms with E-state index in [-0.39, 0.29) is 0 Å². The monoisotopic (exact) mass is 272 g/mol. The largest absolute Gasteiger partial charge is 0.259 e. The summed E-state index contributed by atoms with van der Waals surface area (Å²) in [6.45, 7) is 2.26. The first-order chi connectivity index (χ1) is 8.84. The van der Waals surface area contributed by atoms with Gasteiger partial charge in [0.15, 0.2) is 0 Å². The molecule has 0 heterocycles. The van der Waals surface area contributed by atoms with E-state index in [0.29, 0.717) is 5.25 Å². The van der Waals surface area contributed by atoms with E-state index in [0.717, 1.165) is 5.75 Å². The first-order valence-corrected chi connectivity index (χ1v) is 9.60. The molecule has 0 aliphatic heterocycles. The molecule has 1 fully saturated rings. The van der Waals surface area contributed by atoms with Crippen molar-refractivity contribution in [1.82, 2.24) is 0 Å². The molecule has 1 aliphatic carbocycles. The molecule has 0 bridgehead atoms. The van der Waals surface area contributed by atoms with Crippen molar-refractivity contribution >= 4 is 10.8 Å². The van der Waals surface area contributed by atoms with Gasteiger partial charge in [0, 0.05) is 21.8 Å². The molecule has 1 atom stereocenters. The highest BCUT2D eigenvalue weighted by Gasteiger charge is 2.18. The average Bonchev–Trinajstić information content (AvgIpc) is 2.42. The van der Waals surface area contributed by atoms with Crippen molar-refractivity contribution in [3.63, 3.8) is 0 Å². The summed E-state index contributed by atoms with van der Waals surface area (Å²) in [5.74, 6) is 0.972. The lowest BCUT2D eigenvalue weighted by Gasteiger charge is -2.20. The molecular formula is C16H32OS. The SMILES string of the molecule is CCCCCCCCCCS(=O)C1CCCCC1. The molecule has 0 aromatic carbocycles. The summed E-state index contributed by atoms with van der Waals surface area (Å²) < 4.78 is 12.1. The van der Waals surface area contributed by atoms with E-state index in [1.54, 1.807) is 0 Å². The molecule has 0 amide bonds. The van der Waals surface area contributed by atoms with Gasteiger partial charge in [-0.2, -0.15) is 0 Å². The van der Waals surface area contributed by atoms with Gasteiger partial charge < -0.3 is 0 Å². The average molecular weight is 272 g/mol. The van der Waals surface area contributed by atoms with Gasteiger partial charge in [0.25, 0.3) is 0 Å². The molecule has 1 saturated carbocycles. The van der Waals surface area contributed by atoms with Crippen LogP contribution in [0.4, 0.5) is 0 Å². The van der Waals surface area contributed by atoms with Crippen LogP contribution in [0.25, 0.3) is 0 Å². The minimum atomic E-state index is -0.517. The zero-order chi connectivity index (χ0) is 13.1. The zero-order valence-corrected chi connectivity index (χ0v) is 13.1. The third kappa shape index (κ3) is 7.56. The Morgan fingerprint density at radius 1 is 0.833 bits per heavy atom. The summed E-state index contributed by atoms with van der Waals surface area (Å²) in [5.41, 5.74) is 0. The molecule has 1 rings (SSSR count). The second kappa shape index (κ2) is 11.0. The fraction of sp³-hybridized carbons (Fsp3) is 1.00. The van der Waals surface area contributed by atoms with Crippen LogP contribution < -0.4 is 0 Å². The Morgan fingerprint density at radius 3 is 2.00 bits per heavy atom. The molecule has 1 aliphatic rings. The molecule has 0 spiro atoms. The van der Waals surface area contributed by atoms with Crippen molar-refractivity contribution in [2.75, 3.05) is 5.75 Å². The van der Waals surface area contributed by atoms with E-state index >= 15 is 0 Å². The highest BCUT2D eigenvalue weighted by Crippen LogP contribution is 2.22. The fourth-order valence-corrected chi connectivity index (χ4v) is 4.55. The van der Waals surface area contributed by atoms with Crippen LogP contribution in [0, 0.1) is 0 Å². The van der Waals surface area contributed by atoms with Crippen molar-refractivity contribution in [3.8, 4) is 0 Å². The van der Waals surface area contributed by atoms with Crippen molar-refractivity contribution in [2.24, 2.45) is 0 Å². The zero-order valence-electron chi connectivity index (χ0n) is 12.3. The Kier molecular flexibility index (Phi) is 9.92. The normalized spacial score (nSPS) is 18.9. The minimum Gasteiger partial charge on any atom is -0.259 e. The summed E-state index contributed by atoms with van der Waals surface area (Å²) >= 11 is 0. The molecule has 1 unspecified atom stereocenters. The Labute approximate surface area is 117 Å². The van der Waals surface area contributed by atoms with E-state index in [1.807, 2.05) is 0 Å². The van der Waals surface area contributed by atoms with Gasteiger partial charge in [-0.1, -0.05) is 71.1 Å². The third-order valence-corrected chi connectivity index (χ3v) is 6.03. The quantitative estimate of drug-likeness (QED) is 0.499. The maximum Gasteiger partial charge on any atom is 0.0348 e. The topological polar surface area (TPSA) is 17.1 Å². The lowest BCUT2D eigenvalue weighted by atomic mass is 10.0. The van der Waals surface area contributed by atoms with Gasteiger partial charge in [0.1, 0.15) is 0 Å². The summed E-state index contributed by atoms with van der Waals surface area (Å²) in [4.78, 5) is 0. The Balaban J connectivity index is 1.89. The second-order valence-corrected chi connectivity index (χ2v) is 7.66. The molecule has 18 heavy (non-hydrogen) atoms. The van der Waals surface area contributed by atoms with Crippen molar-refractivity contribution < 1.29 is 4.21 Å². The van der Waals surface area contributed by atoms with Crippen LogP contribution in [0.15, 0.2) is 0 Å². The first-order valence-electron chi connectivity index (χ1n) is 8.21. The number of hydrogen-bond acceptors (Lipinski definition) is 1. The van der Waals surface area contributed by atoms with E-state index in [9.17, 15) is 4.21 Å². The predicted octanol–water partition coefficient (Wildman–Crippen LogP) is 5.21. The van der Waals surface area contributed by atoms with E-state index in [2.05, 4.69) is 6.92 Å². The summed E-state index contributed by atoms with van der Waals surface area (Å²) in [7, 11) is -0.517. The molecule has 1 nitrogen and oxygen atoms in total. The van der Waals surface area contributed by atoms with Crippen LogP contribution in [0.3, 0.4) is 0 Å². The Bertz CT molecular complexity index is 209. The highest BCUT2D eigenvalue weighted by atomic mass is 32.2. The minimum absolute atomic E-state index is 0.517. The van der Waals surface area contributed by atoms with Gasteiger partial charge in [-0.25, -0.2) is 0 Å². The van der Waals surface area contributed by atoms with E-state index in [1.165, 1.54) is 83.5 Å². The van der Waals surface area contributed by atoms with Crippen LogP contribution >= 0.6 is 0 Å². The molecule has 108 valence electrons. The second-order valence-electron chi connectivity index (χ2n) is 5.82. The Morgan fingerprint density at radius 2 is 1.39 bits per heavy atom. The number of hydrogen-bond donors (Lipinski definition) is 0. The molecule has 0 saturated heterocycles.